The van der Waals surface area contributed by atoms with E-state index in [2.05, 4.69) is 24.5 Å². The van der Waals surface area contributed by atoms with Crippen molar-refractivity contribution in [3.63, 3.8) is 0 Å². The summed E-state index contributed by atoms with van der Waals surface area (Å²) in [5, 5.41) is 6.28. The van der Waals surface area contributed by atoms with E-state index < -0.39 is 5.97 Å². The van der Waals surface area contributed by atoms with E-state index in [1.165, 1.54) is 83.5 Å². The van der Waals surface area contributed by atoms with E-state index in [0.29, 0.717) is 29.5 Å². The van der Waals surface area contributed by atoms with Crippen molar-refractivity contribution in [2.75, 3.05) is 10.6 Å². The fraction of sp³-hybridized carbons (Fsp3) is 0.533. The van der Waals surface area contributed by atoms with Crippen LogP contribution in [0.25, 0.3) is 0 Å². The summed E-state index contributed by atoms with van der Waals surface area (Å²) in [5.74, 6) is 0.0444. The third-order valence-electron chi connectivity index (χ3n) is 6.34. The number of carbonyl (C=O) groups is 2. The molecule has 1 unspecified atom stereocenters. The molecule has 1 amide bonds. The van der Waals surface area contributed by atoms with Gasteiger partial charge in [0.1, 0.15) is 5.75 Å². The average Bonchev–Trinajstić information content (AvgIpc) is 2.87. The maximum atomic E-state index is 12.5. The van der Waals surface area contributed by atoms with Crippen LogP contribution >= 0.6 is 0 Å². The second-order valence-corrected chi connectivity index (χ2v) is 9.35. The van der Waals surface area contributed by atoms with E-state index in [1.807, 2.05) is 24.3 Å². The van der Waals surface area contributed by atoms with Gasteiger partial charge in [0.2, 0.25) is 6.41 Å². The Kier molecular flexibility index (Phi) is 14.3. The number of nitrogens with one attached hydrogen (secondary N) is 2. The van der Waals surface area contributed by atoms with Crippen molar-refractivity contribution in [2.45, 2.75) is 103 Å². The smallest absolute Gasteiger partial charge is 0.343 e. The molecule has 1 atom stereocenters. The van der Waals surface area contributed by atoms with Crippen molar-refractivity contribution in [3.05, 3.63) is 54.1 Å². The van der Waals surface area contributed by atoms with E-state index in [1.54, 1.807) is 24.3 Å². The highest BCUT2D eigenvalue weighted by Crippen LogP contribution is 2.21. The zero-order valence-corrected chi connectivity index (χ0v) is 21.7. The van der Waals surface area contributed by atoms with Gasteiger partial charge in [-0.05, 0) is 61.4 Å². The van der Waals surface area contributed by atoms with Crippen LogP contribution < -0.4 is 15.4 Å². The van der Waals surface area contributed by atoms with Crippen molar-refractivity contribution < 1.29 is 14.3 Å². The van der Waals surface area contributed by atoms with Gasteiger partial charge in [0.15, 0.2) is 0 Å². The van der Waals surface area contributed by atoms with E-state index in [4.69, 9.17) is 4.74 Å². The van der Waals surface area contributed by atoms with E-state index in [0.717, 1.165) is 5.69 Å². The number of anilines is 2. The number of hydrogen-bond acceptors (Lipinski definition) is 4. The zero-order chi connectivity index (χ0) is 25.1. The van der Waals surface area contributed by atoms with Crippen LogP contribution in [0.2, 0.25) is 0 Å². The van der Waals surface area contributed by atoms with Crippen LogP contribution in [0, 0.1) is 0 Å². The molecule has 0 saturated heterocycles. The maximum Gasteiger partial charge on any atom is 0.343 e. The number of rotatable bonds is 19. The van der Waals surface area contributed by atoms with Crippen molar-refractivity contribution in [1.82, 2.24) is 0 Å². The topological polar surface area (TPSA) is 67.4 Å². The van der Waals surface area contributed by atoms with E-state index >= 15 is 0 Å². The van der Waals surface area contributed by atoms with Crippen LogP contribution in [-0.2, 0) is 4.79 Å². The summed E-state index contributed by atoms with van der Waals surface area (Å²) < 4.78 is 5.46. The summed E-state index contributed by atoms with van der Waals surface area (Å²) in [7, 11) is 0. The third-order valence-corrected chi connectivity index (χ3v) is 6.34. The molecule has 192 valence electrons. The average molecular weight is 481 g/mol. The highest BCUT2D eigenvalue weighted by Gasteiger charge is 2.11. The first kappa shape index (κ1) is 28.4. The summed E-state index contributed by atoms with van der Waals surface area (Å²) in [6, 6.07) is 14.7. The number of amides is 1. The highest BCUT2D eigenvalue weighted by molar-refractivity contribution is 5.91. The lowest BCUT2D eigenvalue weighted by Gasteiger charge is -2.20. The largest absolute Gasteiger partial charge is 0.423 e. The van der Waals surface area contributed by atoms with E-state index in [-0.39, 0.29) is 0 Å². The first-order valence-corrected chi connectivity index (χ1v) is 13.5. The fourth-order valence-corrected chi connectivity index (χ4v) is 4.25. The lowest BCUT2D eigenvalue weighted by molar-refractivity contribution is -0.105. The van der Waals surface area contributed by atoms with Crippen LogP contribution in [0.3, 0.4) is 0 Å². The molecule has 0 heterocycles. The molecule has 35 heavy (non-hydrogen) atoms. The molecular formula is C30H44N2O3. The lowest BCUT2D eigenvalue weighted by atomic mass is 10.00. The first-order chi connectivity index (χ1) is 17.2. The van der Waals surface area contributed by atoms with Crippen LogP contribution in [0.15, 0.2) is 48.5 Å². The molecule has 0 saturated carbocycles. The number of benzene rings is 2. The lowest BCUT2D eigenvalue weighted by Crippen LogP contribution is -2.19. The minimum atomic E-state index is -0.396. The molecule has 0 bridgehead atoms. The van der Waals surface area contributed by atoms with Gasteiger partial charge in [0.25, 0.3) is 0 Å². The summed E-state index contributed by atoms with van der Waals surface area (Å²) in [5.41, 5.74) is 2.21. The molecule has 0 aliphatic carbocycles. The first-order valence-electron chi connectivity index (χ1n) is 13.5. The number of esters is 1. The van der Waals surface area contributed by atoms with Gasteiger partial charge in [-0.2, -0.15) is 0 Å². The molecule has 0 spiro atoms. The Balaban J connectivity index is 1.87. The minimum absolute atomic E-state index is 0.396. The van der Waals surface area contributed by atoms with Crippen LogP contribution in [0.5, 0.6) is 5.75 Å². The molecule has 2 rings (SSSR count). The van der Waals surface area contributed by atoms with Gasteiger partial charge in [-0.1, -0.05) is 84.5 Å². The Morgan fingerprint density at radius 2 is 1.26 bits per heavy atom. The molecule has 0 aromatic heterocycles. The summed E-state index contributed by atoms with van der Waals surface area (Å²) in [6.07, 6.45) is 17.4. The number of unbranched alkanes of at least 4 members (excludes halogenated alkanes) is 9. The second-order valence-electron chi connectivity index (χ2n) is 9.35. The number of hydrogen-bond donors (Lipinski definition) is 2. The Labute approximate surface area is 212 Å². The predicted octanol–water partition coefficient (Wildman–Crippen LogP) is 8.37. The molecule has 2 aromatic carbocycles. The molecule has 5 nitrogen and oxygen atoms in total. The quantitative estimate of drug-likeness (QED) is 0.0917. The summed E-state index contributed by atoms with van der Waals surface area (Å²) in [4.78, 5) is 23.0. The van der Waals surface area contributed by atoms with E-state index in [9.17, 15) is 9.59 Å². The Hall–Kier alpha value is -2.82. The molecule has 0 aliphatic rings. The molecular weight excluding hydrogens is 436 g/mol. The Morgan fingerprint density at radius 3 is 1.80 bits per heavy atom. The normalized spacial score (nSPS) is 11.6. The third kappa shape index (κ3) is 11.9. The van der Waals surface area contributed by atoms with Gasteiger partial charge in [-0.25, -0.2) is 4.79 Å². The minimum Gasteiger partial charge on any atom is -0.423 e. The molecule has 2 N–H and O–H groups in total. The van der Waals surface area contributed by atoms with Gasteiger partial charge in [-0.15, -0.1) is 0 Å². The summed E-state index contributed by atoms with van der Waals surface area (Å²) in [6.45, 7) is 4.51. The zero-order valence-electron chi connectivity index (χ0n) is 21.7. The predicted molar refractivity (Wildman–Crippen MR) is 146 cm³/mol. The van der Waals surface area contributed by atoms with Gasteiger partial charge in [0, 0.05) is 17.4 Å². The standard InChI is InChI=1S/C30H44N2O3/c1-3-5-7-9-11-13-15-27(14-12-10-8-6-4-2)32-28-18-16-25(17-19-28)30(34)35-29-22-20-26(21-23-29)31-24-33/h16-24,27,32H,3-15H2,1-2H3,(H,31,33). The van der Waals surface area contributed by atoms with Crippen molar-refractivity contribution >= 4 is 23.8 Å². The fourth-order valence-electron chi connectivity index (χ4n) is 4.25. The van der Waals surface area contributed by atoms with Crippen LogP contribution in [-0.4, -0.2) is 18.4 Å². The highest BCUT2D eigenvalue weighted by atomic mass is 16.5. The van der Waals surface area contributed by atoms with Gasteiger partial charge in [0.05, 0.1) is 5.56 Å². The second kappa shape index (κ2) is 17.6. The summed E-state index contributed by atoms with van der Waals surface area (Å²) >= 11 is 0. The van der Waals surface area contributed by atoms with Crippen LogP contribution in [0.4, 0.5) is 11.4 Å². The Bertz CT molecular complexity index is 834. The molecule has 5 heteroatoms. The maximum absolute atomic E-state index is 12.5. The van der Waals surface area contributed by atoms with Gasteiger partial charge < -0.3 is 15.4 Å². The van der Waals surface area contributed by atoms with Gasteiger partial charge >= 0.3 is 5.97 Å². The monoisotopic (exact) mass is 480 g/mol. The number of ether oxygens (including phenoxy) is 1. The van der Waals surface area contributed by atoms with Crippen molar-refractivity contribution in [1.29, 1.82) is 0 Å². The molecule has 0 aliphatic heterocycles. The van der Waals surface area contributed by atoms with Gasteiger partial charge in [-0.3, -0.25) is 4.79 Å². The van der Waals surface area contributed by atoms with Crippen molar-refractivity contribution in [2.24, 2.45) is 0 Å². The molecule has 0 fully saturated rings. The number of carbonyl (C=O) groups excluding carboxylic acids is 2. The Morgan fingerprint density at radius 1 is 0.743 bits per heavy atom. The molecule has 0 radical (unpaired) electrons. The van der Waals surface area contributed by atoms with Crippen molar-refractivity contribution in [3.8, 4) is 5.75 Å². The molecule has 2 aromatic rings. The van der Waals surface area contributed by atoms with Crippen LogP contribution in [0.1, 0.15) is 108 Å². The SMILES string of the molecule is CCCCCCCCC(CCCCCCC)Nc1ccc(C(=O)Oc2ccc(NC=O)cc2)cc1.